The number of anilines is 2. The Hall–Kier alpha value is -2.96. The van der Waals surface area contributed by atoms with Crippen LogP contribution in [0.3, 0.4) is 0 Å². The van der Waals surface area contributed by atoms with Crippen molar-refractivity contribution in [1.82, 2.24) is 14.9 Å². The Bertz CT molecular complexity index is 842. The third-order valence-electron chi connectivity index (χ3n) is 5.55. The van der Waals surface area contributed by atoms with Gasteiger partial charge in [-0.2, -0.15) is 0 Å². The summed E-state index contributed by atoms with van der Waals surface area (Å²) in [4.78, 5) is 34.8. The Morgan fingerprint density at radius 2 is 2.04 bits per heavy atom. The van der Waals surface area contributed by atoms with Crippen molar-refractivity contribution in [3.63, 3.8) is 0 Å². The summed E-state index contributed by atoms with van der Waals surface area (Å²) >= 11 is 0. The Balaban J connectivity index is 1.59. The second-order valence-corrected chi connectivity index (χ2v) is 7.21. The largest absolute Gasteiger partial charge is 0.480 e. The average molecular weight is 366 g/mol. The van der Waals surface area contributed by atoms with E-state index in [1.54, 1.807) is 41.7 Å². The van der Waals surface area contributed by atoms with Crippen LogP contribution in [-0.4, -0.2) is 43.9 Å². The molecule has 4 rings (SSSR count). The van der Waals surface area contributed by atoms with Gasteiger partial charge in [0.25, 0.3) is 5.91 Å². The Morgan fingerprint density at radius 3 is 2.81 bits per heavy atom. The topological polar surface area (TPSA) is 95.4 Å². The van der Waals surface area contributed by atoms with Crippen LogP contribution in [0.4, 0.5) is 11.5 Å². The Kier molecular flexibility index (Phi) is 4.75. The molecule has 7 nitrogen and oxygen atoms in total. The molecule has 1 amide bonds. The van der Waals surface area contributed by atoms with Gasteiger partial charge in [0, 0.05) is 29.7 Å². The molecule has 1 aromatic carbocycles. The van der Waals surface area contributed by atoms with Crippen LogP contribution >= 0.6 is 0 Å². The van der Waals surface area contributed by atoms with Gasteiger partial charge in [-0.3, -0.25) is 9.78 Å². The summed E-state index contributed by atoms with van der Waals surface area (Å²) in [5.41, 5.74) is 1.20. The van der Waals surface area contributed by atoms with Crippen LogP contribution in [0.25, 0.3) is 0 Å². The van der Waals surface area contributed by atoms with E-state index >= 15 is 0 Å². The summed E-state index contributed by atoms with van der Waals surface area (Å²) in [6.45, 7) is 0. The molecule has 1 saturated carbocycles. The highest BCUT2D eigenvalue weighted by Gasteiger charge is 2.47. The number of amides is 1. The van der Waals surface area contributed by atoms with Crippen LogP contribution < -0.4 is 5.32 Å². The second-order valence-electron chi connectivity index (χ2n) is 7.21. The molecule has 3 atom stereocenters. The predicted octanol–water partition coefficient (Wildman–Crippen LogP) is 3.08. The monoisotopic (exact) mass is 366 g/mol. The first-order chi connectivity index (χ1) is 13.1. The summed E-state index contributed by atoms with van der Waals surface area (Å²) < 4.78 is 0. The summed E-state index contributed by atoms with van der Waals surface area (Å²) in [6.07, 6.45) is 9.39. The number of benzene rings is 1. The molecule has 0 unspecified atom stereocenters. The summed E-state index contributed by atoms with van der Waals surface area (Å²) in [5.74, 6) is -0.241. The van der Waals surface area contributed by atoms with E-state index < -0.39 is 12.0 Å². The maximum atomic E-state index is 13.2. The van der Waals surface area contributed by atoms with Gasteiger partial charge in [-0.25, -0.2) is 9.78 Å². The summed E-state index contributed by atoms with van der Waals surface area (Å²) in [5, 5.41) is 12.8. The minimum atomic E-state index is -0.911. The van der Waals surface area contributed by atoms with Gasteiger partial charge in [0.05, 0.1) is 6.20 Å². The van der Waals surface area contributed by atoms with Crippen LogP contribution in [0.1, 0.15) is 42.5 Å². The van der Waals surface area contributed by atoms with Crippen molar-refractivity contribution in [1.29, 1.82) is 0 Å². The third kappa shape index (κ3) is 3.49. The molecule has 0 spiro atoms. The fourth-order valence-corrected chi connectivity index (χ4v) is 4.36. The first-order valence-corrected chi connectivity index (χ1v) is 9.32. The number of carbonyl (C=O) groups excluding carboxylic acids is 1. The fraction of sp³-hybridized carbons (Fsp3) is 0.400. The van der Waals surface area contributed by atoms with Gasteiger partial charge in [0.2, 0.25) is 0 Å². The van der Waals surface area contributed by atoms with Crippen molar-refractivity contribution >= 4 is 23.4 Å². The quantitative estimate of drug-likeness (QED) is 0.863. The number of hydrogen-bond acceptors (Lipinski definition) is 5. The molecule has 0 radical (unpaired) electrons. The highest BCUT2D eigenvalue weighted by Crippen LogP contribution is 2.40. The van der Waals surface area contributed by atoms with Gasteiger partial charge < -0.3 is 15.3 Å². The highest BCUT2D eigenvalue weighted by atomic mass is 16.4. The molecule has 1 aliphatic carbocycles. The Morgan fingerprint density at radius 1 is 1.19 bits per heavy atom. The third-order valence-corrected chi connectivity index (χ3v) is 5.55. The number of likely N-dealkylation sites (tertiary alicyclic amines) is 1. The van der Waals surface area contributed by atoms with Crippen LogP contribution in [0, 0.1) is 5.92 Å². The SMILES string of the molecule is O=C(O)[C@@H]1C[C@H]2CCCC[C@H]2N1C(=O)c1cccc(Nc2cnccn2)c1. The molecule has 2 aliphatic rings. The first kappa shape index (κ1) is 17.5. The summed E-state index contributed by atoms with van der Waals surface area (Å²) in [7, 11) is 0. The van der Waals surface area contributed by atoms with Crippen LogP contribution in [0.2, 0.25) is 0 Å². The average Bonchev–Trinajstić information content (AvgIpc) is 3.08. The molecule has 2 N–H and O–H groups in total. The van der Waals surface area contributed by atoms with Crippen molar-refractivity contribution in [2.45, 2.75) is 44.2 Å². The van der Waals surface area contributed by atoms with Gasteiger partial charge in [-0.05, 0) is 43.4 Å². The number of carboxylic acid groups (broad SMARTS) is 1. The zero-order chi connectivity index (χ0) is 18.8. The van der Waals surface area contributed by atoms with E-state index in [1.165, 1.54) is 0 Å². The fourth-order valence-electron chi connectivity index (χ4n) is 4.36. The number of carbonyl (C=O) groups is 2. The molecule has 27 heavy (non-hydrogen) atoms. The lowest BCUT2D eigenvalue weighted by molar-refractivity contribution is -0.141. The predicted molar refractivity (Wildman–Crippen MR) is 99.7 cm³/mol. The van der Waals surface area contributed by atoms with E-state index in [9.17, 15) is 14.7 Å². The van der Waals surface area contributed by atoms with Crippen LogP contribution in [0.5, 0.6) is 0 Å². The van der Waals surface area contributed by atoms with E-state index in [2.05, 4.69) is 15.3 Å². The molecule has 2 fully saturated rings. The molecule has 2 heterocycles. The molecular formula is C20H22N4O3. The minimum absolute atomic E-state index is 0.0314. The van der Waals surface area contributed by atoms with Crippen LogP contribution in [-0.2, 0) is 4.79 Å². The maximum absolute atomic E-state index is 13.2. The molecular weight excluding hydrogens is 344 g/mol. The molecule has 2 aromatic rings. The lowest BCUT2D eigenvalue weighted by Crippen LogP contribution is -2.46. The molecule has 7 heteroatoms. The molecule has 1 aliphatic heterocycles. The molecule has 0 bridgehead atoms. The van der Waals surface area contributed by atoms with E-state index in [1.807, 2.05) is 6.07 Å². The zero-order valence-electron chi connectivity index (χ0n) is 14.9. The highest BCUT2D eigenvalue weighted by molar-refractivity contribution is 5.98. The number of fused-ring (bicyclic) bond motifs is 1. The zero-order valence-corrected chi connectivity index (χ0v) is 14.9. The van der Waals surface area contributed by atoms with Gasteiger partial charge in [-0.1, -0.05) is 18.9 Å². The number of carboxylic acids is 1. The summed E-state index contributed by atoms with van der Waals surface area (Å²) in [6, 6.07) is 6.40. The maximum Gasteiger partial charge on any atom is 0.326 e. The standard InChI is InChI=1S/C20H22N4O3/c25-19(24-16-7-2-1-4-13(16)11-17(24)20(26)27)14-5-3-6-15(10-14)23-18-12-21-8-9-22-18/h3,5-6,8-10,12-13,16-17H,1-2,4,7,11H2,(H,22,23)(H,26,27)/t13-,16-,17+/m1/s1. The Labute approximate surface area is 157 Å². The van der Waals surface area contributed by atoms with Crippen molar-refractivity contribution in [2.75, 3.05) is 5.32 Å². The van der Waals surface area contributed by atoms with Crippen LogP contribution in [0.15, 0.2) is 42.9 Å². The number of aromatic nitrogens is 2. The van der Waals surface area contributed by atoms with Crippen molar-refractivity contribution < 1.29 is 14.7 Å². The number of aliphatic carboxylic acids is 1. The molecule has 1 aromatic heterocycles. The minimum Gasteiger partial charge on any atom is -0.480 e. The van der Waals surface area contributed by atoms with Crippen molar-refractivity contribution in [2.24, 2.45) is 5.92 Å². The molecule has 140 valence electrons. The van der Waals surface area contributed by atoms with E-state index in [0.717, 1.165) is 25.7 Å². The lowest BCUT2D eigenvalue weighted by atomic mass is 9.84. The van der Waals surface area contributed by atoms with Gasteiger partial charge >= 0.3 is 5.97 Å². The van der Waals surface area contributed by atoms with Gasteiger partial charge in [-0.15, -0.1) is 0 Å². The van der Waals surface area contributed by atoms with Crippen molar-refractivity contribution in [3.8, 4) is 0 Å². The number of rotatable bonds is 4. The second kappa shape index (κ2) is 7.34. The lowest BCUT2D eigenvalue weighted by Gasteiger charge is -2.33. The first-order valence-electron chi connectivity index (χ1n) is 9.32. The van der Waals surface area contributed by atoms with E-state index in [0.29, 0.717) is 29.4 Å². The van der Waals surface area contributed by atoms with E-state index in [4.69, 9.17) is 0 Å². The van der Waals surface area contributed by atoms with Crippen molar-refractivity contribution in [3.05, 3.63) is 48.4 Å². The number of nitrogens with one attached hydrogen (secondary N) is 1. The van der Waals surface area contributed by atoms with Gasteiger partial charge in [0.15, 0.2) is 0 Å². The smallest absolute Gasteiger partial charge is 0.326 e. The normalized spacial score (nSPS) is 24.3. The van der Waals surface area contributed by atoms with E-state index in [-0.39, 0.29) is 11.9 Å². The number of hydrogen-bond donors (Lipinski definition) is 2. The van der Waals surface area contributed by atoms with Gasteiger partial charge in [0.1, 0.15) is 11.9 Å². The number of nitrogens with zero attached hydrogens (tertiary/aromatic N) is 3. The molecule has 1 saturated heterocycles.